The molecule has 3 aliphatic carbocycles. The maximum atomic E-state index is 13.7. The van der Waals surface area contributed by atoms with E-state index >= 15 is 0 Å². The number of Topliss-reactive ketones (excluding diaryl/α,β-unsaturated/α-hetero) is 2. The Hall–Kier alpha value is -4.14. The van der Waals surface area contributed by atoms with Crippen LogP contribution in [0.5, 0.6) is 5.75 Å². The van der Waals surface area contributed by atoms with Crippen LogP contribution in [0.3, 0.4) is 0 Å². The van der Waals surface area contributed by atoms with Crippen molar-refractivity contribution in [3.63, 3.8) is 0 Å². The lowest BCUT2D eigenvalue weighted by Crippen LogP contribution is -2.57. The van der Waals surface area contributed by atoms with Gasteiger partial charge in [-0.05, 0) is 48.6 Å². The summed E-state index contributed by atoms with van der Waals surface area (Å²) in [6.45, 7) is 0. The first-order valence-corrected chi connectivity index (χ1v) is 13.2. The summed E-state index contributed by atoms with van der Waals surface area (Å²) >= 11 is 0. The van der Waals surface area contributed by atoms with Gasteiger partial charge >= 0.3 is 10.1 Å². The molecular formula is C27H24N2O8S. The van der Waals surface area contributed by atoms with Crippen molar-refractivity contribution in [3.05, 3.63) is 70.5 Å². The van der Waals surface area contributed by atoms with E-state index in [1.165, 1.54) is 30.3 Å². The summed E-state index contributed by atoms with van der Waals surface area (Å²) in [4.78, 5) is 27.8. The molecule has 1 fully saturated rings. The molecule has 0 aromatic heterocycles. The Labute approximate surface area is 218 Å². The van der Waals surface area contributed by atoms with Gasteiger partial charge in [-0.3, -0.25) is 9.59 Å². The summed E-state index contributed by atoms with van der Waals surface area (Å²) < 4.78 is 31.5. The maximum absolute atomic E-state index is 13.7. The van der Waals surface area contributed by atoms with Crippen LogP contribution in [0.4, 0.5) is 5.69 Å². The molecule has 3 atom stereocenters. The Kier molecular flexibility index (Phi) is 5.85. The summed E-state index contributed by atoms with van der Waals surface area (Å²) in [5, 5.41) is 42.8. The number of carbonyl (C=O) groups excluding carboxylic acids is 2. The highest BCUT2D eigenvalue weighted by molar-refractivity contribution is 7.87. The number of carbonyl (C=O) groups is 2. The third kappa shape index (κ3) is 3.60. The van der Waals surface area contributed by atoms with Gasteiger partial charge in [0.2, 0.25) is 5.78 Å². The predicted molar refractivity (Wildman–Crippen MR) is 135 cm³/mol. The Balaban J connectivity index is 1.70. The second kappa shape index (κ2) is 8.72. The van der Waals surface area contributed by atoms with Crippen LogP contribution in [0.25, 0.3) is 5.76 Å². The number of aliphatic hydroxyl groups excluding tert-OH is 2. The fourth-order valence-electron chi connectivity index (χ4n) is 5.69. The molecule has 1 saturated carbocycles. The van der Waals surface area contributed by atoms with Gasteiger partial charge in [0.05, 0.1) is 5.56 Å². The number of aliphatic hydroxyl groups is 3. The molecule has 2 aromatic carbocycles. The van der Waals surface area contributed by atoms with Gasteiger partial charge in [-0.25, -0.2) is 0 Å². The molecule has 5 rings (SSSR count). The van der Waals surface area contributed by atoms with Gasteiger partial charge in [0, 0.05) is 37.7 Å². The molecule has 11 heteroatoms. The van der Waals surface area contributed by atoms with Gasteiger partial charge in [-0.15, -0.1) is 0 Å². The van der Waals surface area contributed by atoms with Gasteiger partial charge in [-0.1, -0.05) is 18.2 Å². The molecular weight excluding hydrogens is 512 g/mol. The molecule has 0 bridgehead atoms. The molecule has 3 unspecified atom stereocenters. The summed E-state index contributed by atoms with van der Waals surface area (Å²) in [5.74, 6) is -5.16. The number of rotatable bonds is 4. The number of anilines is 1. The Morgan fingerprint density at radius 3 is 2.39 bits per heavy atom. The van der Waals surface area contributed by atoms with Crippen molar-refractivity contribution >= 4 is 33.1 Å². The zero-order valence-electron chi connectivity index (χ0n) is 20.5. The smallest absolute Gasteiger partial charge is 0.339 e. The fraction of sp³-hybridized carbons (Fsp3) is 0.296. The van der Waals surface area contributed by atoms with E-state index in [-0.39, 0.29) is 41.0 Å². The highest BCUT2D eigenvalue weighted by atomic mass is 32.2. The van der Waals surface area contributed by atoms with E-state index in [0.717, 1.165) is 0 Å². The van der Waals surface area contributed by atoms with Crippen molar-refractivity contribution in [3.8, 4) is 11.8 Å². The van der Waals surface area contributed by atoms with Gasteiger partial charge in [0.15, 0.2) is 22.9 Å². The molecule has 10 nitrogen and oxygen atoms in total. The molecule has 0 amide bonds. The number of nitrogens with zero attached hydrogens (tertiary/aromatic N) is 2. The summed E-state index contributed by atoms with van der Waals surface area (Å²) in [7, 11) is -0.770. The van der Waals surface area contributed by atoms with Crippen LogP contribution >= 0.6 is 0 Å². The van der Waals surface area contributed by atoms with Crippen LogP contribution in [-0.4, -0.2) is 55.0 Å². The standard InChI is InChI=1S/C27H24N2O8S/c1-29(2)19-8-9-21(37-38(35,36)16-6-4-3-5-7-16)23-17(19)11-14-10-15-12-20(30)18(13-28)25(32)27(15,34)26(33)22(14)24(23)31/h3-9,14-15,31-32,34H,10-12H2,1-2H3. The highest BCUT2D eigenvalue weighted by Crippen LogP contribution is 2.53. The second-order valence-corrected chi connectivity index (χ2v) is 11.4. The quantitative estimate of drug-likeness (QED) is 0.495. The first-order chi connectivity index (χ1) is 17.9. The molecule has 2 aromatic rings. The number of nitriles is 1. The molecule has 0 radical (unpaired) electrons. The van der Waals surface area contributed by atoms with E-state index in [1.807, 2.05) is 0 Å². The van der Waals surface area contributed by atoms with Crippen molar-refractivity contribution in [1.29, 1.82) is 5.26 Å². The van der Waals surface area contributed by atoms with E-state index < -0.39 is 56.2 Å². The number of benzene rings is 2. The van der Waals surface area contributed by atoms with Gasteiger partial charge in [-0.2, -0.15) is 13.7 Å². The average Bonchev–Trinajstić information content (AvgIpc) is 2.86. The maximum Gasteiger partial charge on any atom is 0.339 e. The number of allylic oxidation sites excluding steroid dienone is 1. The molecule has 0 spiro atoms. The van der Waals surface area contributed by atoms with E-state index in [2.05, 4.69) is 0 Å². The van der Waals surface area contributed by atoms with Gasteiger partial charge < -0.3 is 24.4 Å². The third-order valence-electron chi connectivity index (χ3n) is 7.48. The van der Waals surface area contributed by atoms with E-state index in [9.17, 15) is 38.6 Å². The van der Waals surface area contributed by atoms with Gasteiger partial charge in [0.1, 0.15) is 22.3 Å². The van der Waals surface area contributed by atoms with E-state index in [4.69, 9.17) is 4.18 Å². The first-order valence-electron chi connectivity index (χ1n) is 11.8. The van der Waals surface area contributed by atoms with Crippen LogP contribution in [0.15, 0.2) is 64.3 Å². The van der Waals surface area contributed by atoms with E-state index in [0.29, 0.717) is 11.3 Å². The van der Waals surface area contributed by atoms with Crippen molar-refractivity contribution in [1.82, 2.24) is 0 Å². The number of hydrogen-bond acceptors (Lipinski definition) is 10. The van der Waals surface area contributed by atoms with Crippen molar-refractivity contribution in [2.75, 3.05) is 19.0 Å². The SMILES string of the molecule is CN(C)c1ccc(OS(=O)(=O)c2ccccc2)c2c1CC1CC3CC(=O)C(C#N)=C(O)C3(O)C(=O)C1=C2O. The lowest BCUT2D eigenvalue weighted by atomic mass is 9.59. The minimum atomic E-state index is -4.31. The topological polar surface area (TPSA) is 165 Å². The monoisotopic (exact) mass is 536 g/mol. The fourth-order valence-corrected chi connectivity index (χ4v) is 6.66. The Bertz CT molecular complexity index is 1600. The second-order valence-electron chi connectivity index (χ2n) is 9.84. The molecule has 3 N–H and O–H groups in total. The Morgan fingerprint density at radius 1 is 1.08 bits per heavy atom. The molecule has 0 aliphatic heterocycles. The lowest BCUT2D eigenvalue weighted by molar-refractivity contribution is -0.147. The van der Waals surface area contributed by atoms with Crippen LogP contribution in [0.1, 0.15) is 24.0 Å². The highest BCUT2D eigenvalue weighted by Gasteiger charge is 2.60. The number of fused-ring (bicyclic) bond motifs is 3. The number of ketones is 2. The summed E-state index contributed by atoms with van der Waals surface area (Å²) in [5.41, 5.74) is -2.32. The summed E-state index contributed by atoms with van der Waals surface area (Å²) in [6, 6.07) is 12.0. The summed E-state index contributed by atoms with van der Waals surface area (Å²) in [6.07, 6.45) is -0.0750. The molecule has 3 aliphatic rings. The average molecular weight is 537 g/mol. The van der Waals surface area contributed by atoms with Crippen molar-refractivity contribution < 1.29 is 37.5 Å². The zero-order chi connectivity index (χ0) is 27.6. The van der Waals surface area contributed by atoms with Crippen molar-refractivity contribution in [2.24, 2.45) is 11.8 Å². The van der Waals surface area contributed by atoms with Crippen LogP contribution in [-0.2, 0) is 26.1 Å². The Morgan fingerprint density at radius 2 is 1.76 bits per heavy atom. The molecule has 38 heavy (non-hydrogen) atoms. The van der Waals surface area contributed by atoms with Crippen LogP contribution in [0.2, 0.25) is 0 Å². The minimum absolute atomic E-state index is 0.0202. The normalized spacial score (nSPS) is 24.8. The van der Waals surface area contributed by atoms with Crippen molar-refractivity contribution in [2.45, 2.75) is 29.8 Å². The van der Waals surface area contributed by atoms with Gasteiger partial charge in [0.25, 0.3) is 0 Å². The van der Waals surface area contributed by atoms with E-state index in [1.54, 1.807) is 37.2 Å². The van der Waals surface area contributed by atoms with Crippen LogP contribution < -0.4 is 9.08 Å². The molecule has 196 valence electrons. The molecule has 0 saturated heterocycles. The number of hydrogen-bond donors (Lipinski definition) is 3. The first kappa shape index (κ1) is 25.5. The zero-order valence-corrected chi connectivity index (χ0v) is 21.3. The third-order valence-corrected chi connectivity index (χ3v) is 8.73. The largest absolute Gasteiger partial charge is 0.507 e. The minimum Gasteiger partial charge on any atom is -0.507 e. The molecule has 0 heterocycles. The lowest BCUT2D eigenvalue weighted by Gasteiger charge is -2.46. The predicted octanol–water partition coefficient (Wildman–Crippen LogP) is 2.59. The van der Waals surface area contributed by atoms with Crippen LogP contribution in [0, 0.1) is 23.2 Å².